The van der Waals surface area contributed by atoms with Crippen LogP contribution >= 0.6 is 0 Å². The molecule has 12 heteroatoms. The molecule has 0 unspecified atom stereocenters. The Morgan fingerprint density at radius 1 is 0.927 bits per heavy atom. The molecule has 0 radical (unpaired) electrons. The molecule has 220 valence electrons. The Morgan fingerprint density at radius 3 is 2.05 bits per heavy atom. The van der Waals surface area contributed by atoms with Crippen molar-refractivity contribution < 1.29 is 41.4 Å². The molecular formula is C29H31F3N2O6S. The van der Waals surface area contributed by atoms with Gasteiger partial charge in [0, 0.05) is 19.3 Å². The smallest absolute Gasteiger partial charge is 0.478 e. The van der Waals surface area contributed by atoms with E-state index < -0.39 is 28.1 Å². The average molecular weight is 593 g/mol. The first-order valence-corrected chi connectivity index (χ1v) is 14.3. The molecule has 0 aliphatic heterocycles. The van der Waals surface area contributed by atoms with Crippen molar-refractivity contribution >= 4 is 33.3 Å². The van der Waals surface area contributed by atoms with E-state index in [1.165, 1.54) is 30.9 Å². The highest BCUT2D eigenvalue weighted by Gasteiger charge is 2.38. The van der Waals surface area contributed by atoms with Crippen LogP contribution in [0.4, 0.5) is 24.5 Å². The van der Waals surface area contributed by atoms with E-state index in [4.69, 9.17) is 9.90 Å². The lowest BCUT2D eigenvalue weighted by Crippen LogP contribution is -2.21. The summed E-state index contributed by atoms with van der Waals surface area (Å²) in [6.07, 6.45) is 0.913. The van der Waals surface area contributed by atoms with Gasteiger partial charge in [-0.1, -0.05) is 61.7 Å². The molecule has 0 aromatic heterocycles. The zero-order chi connectivity index (χ0) is 30.2. The molecule has 1 fully saturated rings. The molecule has 1 aliphatic carbocycles. The van der Waals surface area contributed by atoms with Crippen molar-refractivity contribution in [1.82, 2.24) is 0 Å². The third kappa shape index (κ3) is 8.97. The number of benzene rings is 3. The number of alkyl halides is 3. The summed E-state index contributed by atoms with van der Waals surface area (Å²) >= 11 is 0. The summed E-state index contributed by atoms with van der Waals surface area (Å²) in [5, 5.41) is 16.9. The zero-order valence-electron chi connectivity index (χ0n) is 22.3. The second-order valence-corrected chi connectivity index (χ2v) is 11.4. The minimum absolute atomic E-state index is 0.0336. The number of aliphatic carboxylic acids is 1. The van der Waals surface area contributed by atoms with Crippen molar-refractivity contribution in [3.05, 3.63) is 89.5 Å². The average Bonchev–Trinajstić information content (AvgIpc) is 2.93. The van der Waals surface area contributed by atoms with Gasteiger partial charge in [0.2, 0.25) is 0 Å². The van der Waals surface area contributed by atoms with Crippen molar-refractivity contribution in [3.63, 3.8) is 0 Å². The van der Waals surface area contributed by atoms with Crippen molar-refractivity contribution in [2.75, 3.05) is 16.7 Å². The maximum atomic E-state index is 13.0. The van der Waals surface area contributed by atoms with Gasteiger partial charge in [-0.3, -0.25) is 4.72 Å². The SMILES string of the molecule is CN(Cc1ccccc1)c1ccc(NS(=O)(=O)c2ccc(C3CCCCC3)cc2)cc1C(=O)O.O=C(O)C(F)(F)F. The number of rotatable bonds is 8. The Hall–Kier alpha value is -4.06. The van der Waals surface area contributed by atoms with Crippen LogP contribution in [0.15, 0.2) is 77.7 Å². The molecule has 4 rings (SSSR count). The number of aromatic carboxylic acids is 1. The van der Waals surface area contributed by atoms with Crippen LogP contribution in [0.25, 0.3) is 0 Å². The summed E-state index contributed by atoms with van der Waals surface area (Å²) in [5.74, 6) is -3.38. The van der Waals surface area contributed by atoms with Crippen LogP contribution in [0.5, 0.6) is 0 Å². The number of anilines is 2. The summed E-state index contributed by atoms with van der Waals surface area (Å²) in [5.41, 5.74) is 2.98. The molecule has 41 heavy (non-hydrogen) atoms. The Morgan fingerprint density at radius 2 is 1.51 bits per heavy atom. The number of sulfonamides is 1. The van der Waals surface area contributed by atoms with Crippen molar-refractivity contribution in [2.45, 2.75) is 55.6 Å². The molecule has 3 N–H and O–H groups in total. The Bertz CT molecular complexity index is 1440. The minimum Gasteiger partial charge on any atom is -0.478 e. The van der Waals surface area contributed by atoms with Gasteiger partial charge in [0.15, 0.2) is 0 Å². The van der Waals surface area contributed by atoms with Gasteiger partial charge in [-0.05, 0) is 60.2 Å². The zero-order valence-corrected chi connectivity index (χ0v) is 23.1. The normalized spacial score (nSPS) is 14.0. The van der Waals surface area contributed by atoms with Crippen LogP contribution in [-0.4, -0.2) is 43.8 Å². The molecule has 0 heterocycles. The Labute approximate surface area is 236 Å². The highest BCUT2D eigenvalue weighted by Crippen LogP contribution is 2.33. The van der Waals surface area contributed by atoms with E-state index in [0.717, 1.165) is 18.4 Å². The van der Waals surface area contributed by atoms with E-state index in [2.05, 4.69) is 4.72 Å². The molecule has 0 atom stereocenters. The quantitative estimate of drug-likeness (QED) is 0.273. The topological polar surface area (TPSA) is 124 Å². The molecule has 3 aromatic rings. The third-order valence-corrected chi connectivity index (χ3v) is 8.06. The Balaban J connectivity index is 0.000000587. The maximum absolute atomic E-state index is 13.0. The summed E-state index contributed by atoms with van der Waals surface area (Å²) < 4.78 is 60.2. The van der Waals surface area contributed by atoms with E-state index in [1.54, 1.807) is 24.3 Å². The molecule has 0 amide bonds. The molecule has 3 aromatic carbocycles. The number of carbonyl (C=O) groups is 2. The fourth-order valence-electron chi connectivity index (χ4n) is 4.62. The van der Waals surface area contributed by atoms with E-state index in [1.807, 2.05) is 54.4 Å². The predicted octanol–water partition coefficient (Wildman–Crippen LogP) is 6.50. The fraction of sp³-hybridized carbons (Fsp3) is 0.310. The first kappa shape index (κ1) is 31.5. The third-order valence-electron chi connectivity index (χ3n) is 6.66. The number of carboxylic acid groups (broad SMARTS) is 2. The Kier molecular flexibility index (Phi) is 10.4. The van der Waals surface area contributed by atoms with Crippen LogP contribution < -0.4 is 9.62 Å². The number of carboxylic acids is 2. The number of halogens is 3. The van der Waals surface area contributed by atoms with Gasteiger partial charge in [0.25, 0.3) is 10.0 Å². The largest absolute Gasteiger partial charge is 0.490 e. The predicted molar refractivity (Wildman–Crippen MR) is 149 cm³/mol. The number of nitrogens with zero attached hydrogens (tertiary/aromatic N) is 1. The molecule has 1 aliphatic rings. The molecule has 8 nitrogen and oxygen atoms in total. The van der Waals surface area contributed by atoms with Gasteiger partial charge in [0.05, 0.1) is 16.1 Å². The van der Waals surface area contributed by atoms with Gasteiger partial charge in [-0.15, -0.1) is 0 Å². The van der Waals surface area contributed by atoms with Gasteiger partial charge in [0.1, 0.15) is 0 Å². The van der Waals surface area contributed by atoms with E-state index in [-0.39, 0.29) is 16.1 Å². The van der Waals surface area contributed by atoms with E-state index in [9.17, 15) is 31.5 Å². The van der Waals surface area contributed by atoms with Gasteiger partial charge in [-0.2, -0.15) is 13.2 Å². The monoisotopic (exact) mass is 592 g/mol. The highest BCUT2D eigenvalue weighted by molar-refractivity contribution is 7.92. The first-order valence-electron chi connectivity index (χ1n) is 12.8. The van der Waals surface area contributed by atoms with Gasteiger partial charge >= 0.3 is 18.1 Å². The summed E-state index contributed by atoms with van der Waals surface area (Å²) in [7, 11) is -2.03. The highest BCUT2D eigenvalue weighted by atomic mass is 32.2. The van der Waals surface area contributed by atoms with Gasteiger partial charge in [-0.25, -0.2) is 18.0 Å². The first-order chi connectivity index (χ1) is 19.3. The van der Waals surface area contributed by atoms with Crippen LogP contribution in [0.3, 0.4) is 0 Å². The lowest BCUT2D eigenvalue weighted by Gasteiger charge is -2.22. The van der Waals surface area contributed by atoms with E-state index >= 15 is 0 Å². The van der Waals surface area contributed by atoms with Crippen LogP contribution in [0.2, 0.25) is 0 Å². The van der Waals surface area contributed by atoms with E-state index in [0.29, 0.717) is 18.2 Å². The second kappa shape index (κ2) is 13.5. The van der Waals surface area contributed by atoms with Crippen molar-refractivity contribution in [1.29, 1.82) is 0 Å². The molecule has 0 spiro atoms. The van der Waals surface area contributed by atoms with Crippen molar-refractivity contribution in [2.24, 2.45) is 0 Å². The van der Waals surface area contributed by atoms with Crippen LogP contribution in [-0.2, 0) is 21.4 Å². The summed E-state index contributed by atoms with van der Waals surface area (Å²) in [6, 6.07) is 21.4. The lowest BCUT2D eigenvalue weighted by molar-refractivity contribution is -0.192. The molecule has 0 bridgehead atoms. The number of nitrogens with one attached hydrogen (secondary N) is 1. The fourth-order valence-corrected chi connectivity index (χ4v) is 5.66. The number of hydrogen-bond donors (Lipinski definition) is 3. The summed E-state index contributed by atoms with van der Waals surface area (Å²) in [4.78, 5) is 22.8. The van der Waals surface area contributed by atoms with Gasteiger partial charge < -0.3 is 15.1 Å². The molecule has 0 saturated heterocycles. The second-order valence-electron chi connectivity index (χ2n) is 9.69. The van der Waals surface area contributed by atoms with Crippen LogP contribution in [0, 0.1) is 0 Å². The summed E-state index contributed by atoms with van der Waals surface area (Å²) in [6.45, 7) is 0.527. The van der Waals surface area contributed by atoms with Crippen molar-refractivity contribution in [3.8, 4) is 0 Å². The van der Waals surface area contributed by atoms with Crippen LogP contribution in [0.1, 0.15) is 59.5 Å². The lowest BCUT2D eigenvalue weighted by atomic mass is 9.84. The minimum atomic E-state index is -5.08. The number of hydrogen-bond acceptors (Lipinski definition) is 5. The maximum Gasteiger partial charge on any atom is 0.490 e. The standard InChI is InChI=1S/C27H30N2O4S.C2HF3O2/c1-29(19-20-8-4-2-5-9-20)26-17-14-23(18-25(26)27(30)31)28-34(32,33)24-15-12-22(13-16-24)21-10-6-3-7-11-21;3-2(4,5)1(6)7/h2,4-5,8-9,12-18,21,28H,3,6-7,10-11,19H2,1H3,(H,30,31);(H,6,7). The molecule has 1 saturated carbocycles. The molecular weight excluding hydrogens is 561 g/mol.